The fourth-order valence-electron chi connectivity index (χ4n) is 4.33. The van der Waals surface area contributed by atoms with E-state index in [1.165, 1.54) is 15.4 Å². The molecule has 0 saturated carbocycles. The molecule has 0 N–H and O–H groups in total. The standard InChI is InChI=1S/C23H29N3O3S/c1-19(25-12-11-21-9-5-6-10-22(21)17-25)23(27)24-13-15-26(16-14-24)30(28,29)18-20-7-3-2-4-8-20/h2-10,19H,11-18H2,1H3. The first-order valence-corrected chi connectivity index (χ1v) is 12.2. The van der Waals surface area contributed by atoms with E-state index in [4.69, 9.17) is 0 Å². The van der Waals surface area contributed by atoms with E-state index in [-0.39, 0.29) is 17.7 Å². The lowest BCUT2D eigenvalue weighted by atomic mass is 9.98. The summed E-state index contributed by atoms with van der Waals surface area (Å²) in [7, 11) is -3.37. The SMILES string of the molecule is CC(C(=O)N1CCN(S(=O)(=O)Cc2ccccc2)CC1)N1CCc2ccccc2C1. The molecule has 2 heterocycles. The molecule has 1 unspecified atom stereocenters. The molecule has 0 aromatic heterocycles. The quantitative estimate of drug-likeness (QED) is 0.733. The molecule has 6 nitrogen and oxygen atoms in total. The van der Waals surface area contributed by atoms with Gasteiger partial charge in [-0.25, -0.2) is 8.42 Å². The predicted molar refractivity (Wildman–Crippen MR) is 117 cm³/mol. The minimum Gasteiger partial charge on any atom is -0.339 e. The van der Waals surface area contributed by atoms with Crippen LogP contribution in [0.2, 0.25) is 0 Å². The summed E-state index contributed by atoms with van der Waals surface area (Å²) in [6, 6.07) is 17.4. The molecule has 30 heavy (non-hydrogen) atoms. The predicted octanol–water partition coefficient (Wildman–Crippen LogP) is 2.11. The van der Waals surface area contributed by atoms with Crippen LogP contribution in [-0.2, 0) is 33.5 Å². The lowest BCUT2D eigenvalue weighted by Gasteiger charge is -2.39. The molecule has 4 rings (SSSR count). The second kappa shape index (κ2) is 8.88. The van der Waals surface area contributed by atoms with E-state index in [9.17, 15) is 13.2 Å². The summed E-state index contributed by atoms with van der Waals surface area (Å²) in [6.07, 6.45) is 0.958. The fraction of sp³-hybridized carbons (Fsp3) is 0.435. The summed E-state index contributed by atoms with van der Waals surface area (Å²) in [5, 5.41) is 0. The minimum absolute atomic E-state index is 0.00533. The van der Waals surface area contributed by atoms with E-state index in [2.05, 4.69) is 23.1 Å². The van der Waals surface area contributed by atoms with Crippen molar-refractivity contribution in [2.24, 2.45) is 0 Å². The van der Waals surface area contributed by atoms with Crippen molar-refractivity contribution in [2.75, 3.05) is 32.7 Å². The third-order valence-electron chi connectivity index (χ3n) is 6.20. The number of sulfonamides is 1. The molecular weight excluding hydrogens is 398 g/mol. The largest absolute Gasteiger partial charge is 0.339 e. The van der Waals surface area contributed by atoms with E-state index < -0.39 is 10.0 Å². The van der Waals surface area contributed by atoms with Crippen molar-refractivity contribution in [1.29, 1.82) is 0 Å². The van der Waals surface area contributed by atoms with Crippen molar-refractivity contribution in [3.63, 3.8) is 0 Å². The molecule has 1 amide bonds. The average Bonchev–Trinajstić information content (AvgIpc) is 2.78. The Balaban J connectivity index is 1.33. The number of fused-ring (bicyclic) bond motifs is 1. The van der Waals surface area contributed by atoms with Gasteiger partial charge in [-0.3, -0.25) is 9.69 Å². The highest BCUT2D eigenvalue weighted by atomic mass is 32.2. The molecule has 2 aromatic carbocycles. The maximum atomic E-state index is 13.1. The molecule has 0 radical (unpaired) electrons. The number of benzene rings is 2. The summed E-state index contributed by atoms with van der Waals surface area (Å²) in [5.41, 5.74) is 3.45. The third-order valence-corrected chi connectivity index (χ3v) is 8.05. The first kappa shape index (κ1) is 21.0. The highest BCUT2D eigenvalue weighted by molar-refractivity contribution is 7.88. The Bertz CT molecular complexity index is 986. The minimum atomic E-state index is -3.37. The van der Waals surface area contributed by atoms with Gasteiger partial charge in [0.05, 0.1) is 11.8 Å². The number of rotatable bonds is 5. The van der Waals surface area contributed by atoms with Crippen molar-refractivity contribution in [3.05, 3.63) is 71.3 Å². The van der Waals surface area contributed by atoms with Gasteiger partial charge in [-0.2, -0.15) is 4.31 Å². The summed E-state index contributed by atoms with van der Waals surface area (Å²) in [6.45, 7) is 5.23. The zero-order chi connectivity index (χ0) is 21.1. The monoisotopic (exact) mass is 427 g/mol. The first-order chi connectivity index (χ1) is 14.4. The molecule has 0 spiro atoms. The summed E-state index contributed by atoms with van der Waals surface area (Å²) in [5.74, 6) is 0.0975. The second-order valence-corrected chi connectivity index (χ2v) is 10.1. The molecule has 2 aliphatic rings. The lowest BCUT2D eigenvalue weighted by molar-refractivity contribution is -0.138. The van der Waals surface area contributed by atoms with Gasteiger partial charge in [-0.05, 0) is 30.0 Å². The third kappa shape index (κ3) is 4.58. The number of amides is 1. The summed E-state index contributed by atoms with van der Waals surface area (Å²) >= 11 is 0. The van der Waals surface area contributed by atoms with E-state index >= 15 is 0 Å². The van der Waals surface area contributed by atoms with Gasteiger partial charge in [-0.15, -0.1) is 0 Å². The van der Waals surface area contributed by atoms with Crippen LogP contribution in [0.15, 0.2) is 54.6 Å². The summed E-state index contributed by atoms with van der Waals surface area (Å²) < 4.78 is 27.0. The topological polar surface area (TPSA) is 60.9 Å². The first-order valence-electron chi connectivity index (χ1n) is 10.6. The highest BCUT2D eigenvalue weighted by Gasteiger charge is 2.33. The number of carbonyl (C=O) groups excluding carboxylic acids is 1. The molecule has 0 bridgehead atoms. The number of hydrogen-bond donors (Lipinski definition) is 0. The van der Waals surface area contributed by atoms with Crippen LogP contribution in [0.5, 0.6) is 0 Å². The Hall–Kier alpha value is -2.22. The zero-order valence-electron chi connectivity index (χ0n) is 17.4. The van der Waals surface area contributed by atoms with E-state index in [1.54, 1.807) is 0 Å². The van der Waals surface area contributed by atoms with Gasteiger partial charge in [-0.1, -0.05) is 54.6 Å². The van der Waals surface area contributed by atoms with Crippen LogP contribution in [0.1, 0.15) is 23.6 Å². The molecule has 160 valence electrons. The van der Waals surface area contributed by atoms with Gasteiger partial charge in [0.25, 0.3) is 0 Å². The van der Waals surface area contributed by atoms with Gasteiger partial charge < -0.3 is 4.90 Å². The average molecular weight is 428 g/mol. The fourth-order valence-corrected chi connectivity index (χ4v) is 5.85. The molecule has 7 heteroatoms. The number of piperazine rings is 1. The van der Waals surface area contributed by atoms with Crippen LogP contribution in [0.25, 0.3) is 0 Å². The smallest absolute Gasteiger partial charge is 0.239 e. The van der Waals surface area contributed by atoms with Crippen LogP contribution >= 0.6 is 0 Å². The van der Waals surface area contributed by atoms with Crippen LogP contribution in [0.4, 0.5) is 0 Å². The summed E-state index contributed by atoms with van der Waals surface area (Å²) in [4.78, 5) is 17.1. The Morgan fingerprint density at radius 3 is 2.23 bits per heavy atom. The highest BCUT2D eigenvalue weighted by Crippen LogP contribution is 2.21. The molecule has 2 aliphatic heterocycles. The number of hydrogen-bond acceptors (Lipinski definition) is 4. The Morgan fingerprint density at radius 2 is 1.53 bits per heavy atom. The van der Waals surface area contributed by atoms with Gasteiger partial charge in [0.15, 0.2) is 0 Å². The van der Waals surface area contributed by atoms with Gasteiger partial charge in [0.2, 0.25) is 15.9 Å². The van der Waals surface area contributed by atoms with Crippen molar-refractivity contribution in [1.82, 2.24) is 14.1 Å². The van der Waals surface area contributed by atoms with Crippen LogP contribution in [0.3, 0.4) is 0 Å². The Kier molecular flexibility index (Phi) is 6.22. The molecule has 1 saturated heterocycles. The number of nitrogens with zero attached hydrogens (tertiary/aromatic N) is 3. The molecule has 1 fully saturated rings. The van der Waals surface area contributed by atoms with Crippen LogP contribution in [-0.4, -0.2) is 67.2 Å². The maximum absolute atomic E-state index is 13.1. The van der Waals surface area contributed by atoms with E-state index in [0.29, 0.717) is 26.2 Å². The van der Waals surface area contributed by atoms with E-state index in [1.807, 2.05) is 48.2 Å². The zero-order valence-corrected chi connectivity index (χ0v) is 18.2. The van der Waals surface area contributed by atoms with Crippen molar-refractivity contribution < 1.29 is 13.2 Å². The second-order valence-electron chi connectivity index (χ2n) is 8.13. The van der Waals surface area contributed by atoms with Gasteiger partial charge in [0.1, 0.15) is 0 Å². The molecular formula is C23H29N3O3S. The molecule has 1 atom stereocenters. The van der Waals surface area contributed by atoms with Gasteiger partial charge in [0, 0.05) is 39.3 Å². The molecule has 2 aromatic rings. The molecule has 0 aliphatic carbocycles. The van der Waals surface area contributed by atoms with Gasteiger partial charge >= 0.3 is 0 Å². The Labute approximate surface area is 179 Å². The van der Waals surface area contributed by atoms with E-state index in [0.717, 1.165) is 25.1 Å². The lowest BCUT2D eigenvalue weighted by Crippen LogP contribution is -2.55. The Morgan fingerprint density at radius 1 is 0.900 bits per heavy atom. The van der Waals surface area contributed by atoms with Crippen LogP contribution < -0.4 is 0 Å². The normalized spacial score (nSPS) is 19.3. The van der Waals surface area contributed by atoms with Crippen molar-refractivity contribution >= 4 is 15.9 Å². The maximum Gasteiger partial charge on any atom is 0.239 e. The number of carbonyl (C=O) groups is 1. The van der Waals surface area contributed by atoms with Crippen LogP contribution in [0, 0.1) is 0 Å². The van der Waals surface area contributed by atoms with Crippen molar-refractivity contribution in [3.8, 4) is 0 Å². The van der Waals surface area contributed by atoms with Crippen molar-refractivity contribution in [2.45, 2.75) is 31.7 Å².